The van der Waals surface area contributed by atoms with Gasteiger partial charge in [-0.3, -0.25) is 0 Å². The highest BCUT2D eigenvalue weighted by molar-refractivity contribution is 5.72. The fourth-order valence-electron chi connectivity index (χ4n) is 2.60. The number of ether oxygens (including phenoxy) is 2. The molecule has 1 saturated heterocycles. The van der Waals surface area contributed by atoms with Gasteiger partial charge in [-0.25, -0.2) is 9.59 Å². The van der Waals surface area contributed by atoms with Crippen LogP contribution in [0.4, 0.5) is 4.79 Å². The Balaban J connectivity index is 2.71. The summed E-state index contributed by atoms with van der Waals surface area (Å²) >= 11 is 0. The van der Waals surface area contributed by atoms with E-state index in [0.717, 1.165) is 19.3 Å². The lowest BCUT2D eigenvalue weighted by atomic mass is 9.93. The van der Waals surface area contributed by atoms with Crippen LogP contribution in [0.25, 0.3) is 0 Å². The first-order chi connectivity index (χ1) is 10.1. The van der Waals surface area contributed by atoms with E-state index in [1.165, 1.54) is 0 Å². The van der Waals surface area contributed by atoms with E-state index in [1.807, 2.05) is 20.8 Å². The maximum atomic E-state index is 12.0. The Morgan fingerprint density at radius 2 is 1.95 bits per heavy atom. The fraction of sp³-hybridized carbons (Fsp3) is 0.875. The van der Waals surface area contributed by atoms with Crippen LogP contribution in [0, 0.1) is 5.92 Å². The number of nitrogens with one attached hydrogen (secondary N) is 1. The summed E-state index contributed by atoms with van der Waals surface area (Å²) in [5, 5.41) is 12.0. The van der Waals surface area contributed by atoms with Gasteiger partial charge in [0, 0.05) is 0 Å². The highest BCUT2D eigenvalue weighted by atomic mass is 16.6. The summed E-state index contributed by atoms with van der Waals surface area (Å²) in [6.45, 7) is 9.54. The monoisotopic (exact) mass is 315 g/mol. The van der Waals surface area contributed by atoms with Gasteiger partial charge in [0.05, 0.1) is 12.1 Å². The Bertz CT molecular complexity index is 388. The van der Waals surface area contributed by atoms with Crippen molar-refractivity contribution in [3.8, 4) is 0 Å². The predicted octanol–water partition coefficient (Wildman–Crippen LogP) is 2.95. The SMILES string of the molecule is CC(C)C[C@H](NC(=O)OC(C)(C)C)[C@@H]1CCC[C@H](C(=O)O)O1. The maximum absolute atomic E-state index is 12.0. The average molecular weight is 315 g/mol. The minimum atomic E-state index is -0.940. The van der Waals surface area contributed by atoms with E-state index < -0.39 is 23.8 Å². The molecule has 0 spiro atoms. The zero-order chi connectivity index (χ0) is 16.9. The van der Waals surface area contributed by atoms with Crippen LogP contribution < -0.4 is 5.32 Å². The topological polar surface area (TPSA) is 84.9 Å². The van der Waals surface area contributed by atoms with Gasteiger partial charge in [0.15, 0.2) is 6.10 Å². The summed E-state index contributed by atoms with van der Waals surface area (Å²) in [7, 11) is 0. The van der Waals surface area contributed by atoms with Crippen molar-refractivity contribution in [1.29, 1.82) is 0 Å². The number of aliphatic carboxylic acids is 1. The summed E-state index contributed by atoms with van der Waals surface area (Å²) in [6.07, 6.45) is 1.21. The summed E-state index contributed by atoms with van der Waals surface area (Å²) in [4.78, 5) is 23.1. The molecule has 0 bridgehead atoms. The largest absolute Gasteiger partial charge is 0.479 e. The lowest BCUT2D eigenvalue weighted by molar-refractivity contribution is -0.161. The van der Waals surface area contributed by atoms with Crippen molar-refractivity contribution in [2.45, 2.75) is 84.2 Å². The second-order valence-corrected chi connectivity index (χ2v) is 7.31. The van der Waals surface area contributed by atoms with Crippen LogP contribution >= 0.6 is 0 Å². The van der Waals surface area contributed by atoms with Gasteiger partial charge < -0.3 is 19.9 Å². The first-order valence-electron chi connectivity index (χ1n) is 7.96. The molecule has 128 valence electrons. The number of carboxylic acid groups (broad SMARTS) is 1. The lowest BCUT2D eigenvalue weighted by Crippen LogP contribution is -2.50. The molecular weight excluding hydrogens is 286 g/mol. The van der Waals surface area contributed by atoms with Crippen LogP contribution in [0.3, 0.4) is 0 Å². The van der Waals surface area contributed by atoms with E-state index in [2.05, 4.69) is 19.2 Å². The number of amides is 1. The van der Waals surface area contributed by atoms with Crippen LogP contribution in [0.5, 0.6) is 0 Å². The van der Waals surface area contributed by atoms with Crippen LogP contribution in [-0.4, -0.2) is 41.0 Å². The number of alkyl carbamates (subject to hydrolysis) is 1. The molecule has 0 aliphatic carbocycles. The fourth-order valence-corrected chi connectivity index (χ4v) is 2.60. The summed E-state index contributed by atoms with van der Waals surface area (Å²) in [6, 6.07) is -0.239. The number of carbonyl (C=O) groups excluding carboxylic acids is 1. The third-order valence-corrected chi connectivity index (χ3v) is 3.45. The first-order valence-corrected chi connectivity index (χ1v) is 7.96. The van der Waals surface area contributed by atoms with Crippen molar-refractivity contribution < 1.29 is 24.2 Å². The lowest BCUT2D eigenvalue weighted by Gasteiger charge is -2.35. The number of rotatable bonds is 5. The zero-order valence-electron chi connectivity index (χ0n) is 14.2. The number of carbonyl (C=O) groups is 2. The molecule has 0 aromatic heterocycles. The molecule has 0 saturated carbocycles. The molecular formula is C16H29NO5. The summed E-state index contributed by atoms with van der Waals surface area (Å²) in [5.74, 6) is -0.584. The Morgan fingerprint density at radius 3 is 2.45 bits per heavy atom. The first kappa shape index (κ1) is 18.7. The molecule has 1 aliphatic heterocycles. The van der Waals surface area contributed by atoms with E-state index in [0.29, 0.717) is 12.3 Å². The van der Waals surface area contributed by atoms with Crippen molar-refractivity contribution in [3.05, 3.63) is 0 Å². The number of hydrogen-bond donors (Lipinski definition) is 2. The molecule has 22 heavy (non-hydrogen) atoms. The van der Waals surface area contributed by atoms with Crippen molar-refractivity contribution in [2.75, 3.05) is 0 Å². The van der Waals surface area contributed by atoms with Gasteiger partial charge in [-0.15, -0.1) is 0 Å². The molecule has 0 aromatic rings. The van der Waals surface area contributed by atoms with Crippen LogP contribution in [0.2, 0.25) is 0 Å². The van der Waals surface area contributed by atoms with Crippen molar-refractivity contribution >= 4 is 12.1 Å². The third-order valence-electron chi connectivity index (χ3n) is 3.45. The maximum Gasteiger partial charge on any atom is 0.407 e. The highest BCUT2D eigenvalue weighted by Gasteiger charge is 2.34. The van der Waals surface area contributed by atoms with E-state index in [-0.39, 0.29) is 12.1 Å². The quantitative estimate of drug-likeness (QED) is 0.815. The molecule has 6 nitrogen and oxygen atoms in total. The van der Waals surface area contributed by atoms with Gasteiger partial charge in [0.2, 0.25) is 0 Å². The van der Waals surface area contributed by atoms with Crippen LogP contribution in [-0.2, 0) is 14.3 Å². The van der Waals surface area contributed by atoms with Crippen LogP contribution in [0.15, 0.2) is 0 Å². The Hall–Kier alpha value is -1.30. The molecule has 1 heterocycles. The van der Waals surface area contributed by atoms with Crippen molar-refractivity contribution in [3.63, 3.8) is 0 Å². The van der Waals surface area contributed by atoms with Gasteiger partial charge in [-0.05, 0) is 52.4 Å². The average Bonchev–Trinajstić information content (AvgIpc) is 2.35. The molecule has 1 aliphatic rings. The smallest absolute Gasteiger partial charge is 0.407 e. The van der Waals surface area contributed by atoms with Gasteiger partial charge >= 0.3 is 12.1 Å². The van der Waals surface area contributed by atoms with E-state index in [1.54, 1.807) is 0 Å². The Kier molecular flexibility index (Phi) is 6.66. The van der Waals surface area contributed by atoms with Crippen molar-refractivity contribution in [2.24, 2.45) is 5.92 Å². The zero-order valence-corrected chi connectivity index (χ0v) is 14.2. The molecule has 0 radical (unpaired) electrons. The molecule has 1 rings (SSSR count). The highest BCUT2D eigenvalue weighted by Crippen LogP contribution is 2.24. The third kappa shape index (κ3) is 6.64. The normalized spacial score (nSPS) is 23.9. The second-order valence-electron chi connectivity index (χ2n) is 7.31. The predicted molar refractivity (Wildman–Crippen MR) is 82.8 cm³/mol. The summed E-state index contributed by atoms with van der Waals surface area (Å²) < 4.78 is 11.0. The minimum absolute atomic E-state index is 0.239. The van der Waals surface area contributed by atoms with Gasteiger partial charge in [0.25, 0.3) is 0 Å². The summed E-state index contributed by atoms with van der Waals surface area (Å²) in [5.41, 5.74) is -0.566. The van der Waals surface area contributed by atoms with E-state index >= 15 is 0 Å². The number of carboxylic acids is 1. The molecule has 2 N–H and O–H groups in total. The second kappa shape index (κ2) is 7.81. The van der Waals surface area contributed by atoms with E-state index in [4.69, 9.17) is 14.6 Å². The molecule has 0 unspecified atom stereocenters. The molecule has 6 heteroatoms. The van der Waals surface area contributed by atoms with Gasteiger partial charge in [-0.2, -0.15) is 0 Å². The Labute approximate surface area is 132 Å². The molecule has 3 atom stereocenters. The number of hydrogen-bond acceptors (Lipinski definition) is 4. The van der Waals surface area contributed by atoms with Crippen molar-refractivity contribution in [1.82, 2.24) is 5.32 Å². The van der Waals surface area contributed by atoms with Crippen LogP contribution in [0.1, 0.15) is 60.3 Å². The van der Waals surface area contributed by atoms with Gasteiger partial charge in [-0.1, -0.05) is 13.8 Å². The minimum Gasteiger partial charge on any atom is -0.479 e. The molecule has 1 amide bonds. The van der Waals surface area contributed by atoms with Gasteiger partial charge in [0.1, 0.15) is 5.60 Å². The Morgan fingerprint density at radius 1 is 1.32 bits per heavy atom. The standard InChI is InChI=1S/C16H29NO5/c1-10(2)9-11(17-15(20)22-16(3,4)5)12-7-6-8-13(21-12)14(18)19/h10-13H,6-9H2,1-5H3,(H,17,20)(H,18,19)/t11-,12-,13+/m0/s1. The molecule has 1 fully saturated rings. The molecule has 0 aromatic carbocycles. The van der Waals surface area contributed by atoms with E-state index in [9.17, 15) is 9.59 Å².